The Morgan fingerprint density at radius 1 is 0.469 bits per heavy atom. The molecule has 0 radical (unpaired) electrons. The standard InChI is InChI=1S/C30H60O2/c1-28(2)24-20-17-15-13-11-9-7-5-6-8-10-12-14-16-18-22-26-30(31)32-27-23-19-21-25-29(3)4/h28-29H,5-27H2,1-4H3. The van der Waals surface area contributed by atoms with Crippen LogP contribution in [0.25, 0.3) is 0 Å². The SMILES string of the molecule is CC(C)CCCCCCCCCCCCCCCCCCC(=O)OCCCCCC(C)C. The minimum atomic E-state index is 0.0139. The zero-order valence-corrected chi connectivity index (χ0v) is 22.7. The van der Waals surface area contributed by atoms with Crippen LogP contribution in [0.15, 0.2) is 0 Å². The smallest absolute Gasteiger partial charge is 0.305 e. The molecule has 0 saturated heterocycles. The summed E-state index contributed by atoms with van der Waals surface area (Å²) in [6, 6.07) is 0. The Kier molecular flexibility index (Phi) is 24.7. The summed E-state index contributed by atoms with van der Waals surface area (Å²) >= 11 is 0. The fourth-order valence-electron chi connectivity index (χ4n) is 4.39. The van der Waals surface area contributed by atoms with Gasteiger partial charge in [-0.2, -0.15) is 0 Å². The van der Waals surface area contributed by atoms with Crippen molar-refractivity contribution in [3.8, 4) is 0 Å². The number of carbonyl (C=O) groups excluding carboxylic acids is 1. The van der Waals surface area contributed by atoms with E-state index in [1.165, 1.54) is 122 Å². The molecule has 0 aliphatic heterocycles. The van der Waals surface area contributed by atoms with Gasteiger partial charge in [-0.15, -0.1) is 0 Å². The molecule has 0 saturated carbocycles. The van der Waals surface area contributed by atoms with Crippen molar-refractivity contribution < 1.29 is 9.53 Å². The summed E-state index contributed by atoms with van der Waals surface area (Å²) < 4.78 is 5.35. The molecule has 192 valence electrons. The molecule has 0 aliphatic rings. The van der Waals surface area contributed by atoms with E-state index in [9.17, 15) is 4.79 Å². The number of unbranched alkanes of at least 4 members (excludes halogenated alkanes) is 17. The highest BCUT2D eigenvalue weighted by Gasteiger charge is 2.03. The van der Waals surface area contributed by atoms with Gasteiger partial charge in [-0.05, 0) is 24.7 Å². The molecular formula is C30H60O2. The third-order valence-corrected chi connectivity index (χ3v) is 6.60. The van der Waals surface area contributed by atoms with Crippen molar-refractivity contribution in [3.63, 3.8) is 0 Å². The number of ether oxygens (including phenoxy) is 1. The number of hydrogen-bond acceptors (Lipinski definition) is 2. The van der Waals surface area contributed by atoms with Gasteiger partial charge < -0.3 is 4.74 Å². The first kappa shape index (κ1) is 31.5. The summed E-state index contributed by atoms with van der Waals surface area (Å²) in [5, 5.41) is 0. The summed E-state index contributed by atoms with van der Waals surface area (Å²) in [6.07, 6.45) is 28.8. The summed E-state index contributed by atoms with van der Waals surface area (Å²) in [5.74, 6) is 1.68. The van der Waals surface area contributed by atoms with Crippen molar-refractivity contribution in [3.05, 3.63) is 0 Å². The van der Waals surface area contributed by atoms with Crippen LogP contribution in [0, 0.1) is 11.8 Å². The molecule has 0 bridgehead atoms. The topological polar surface area (TPSA) is 26.3 Å². The predicted molar refractivity (Wildman–Crippen MR) is 142 cm³/mol. The summed E-state index contributed by atoms with van der Waals surface area (Å²) in [5.41, 5.74) is 0. The Hall–Kier alpha value is -0.530. The Morgan fingerprint density at radius 3 is 1.16 bits per heavy atom. The van der Waals surface area contributed by atoms with E-state index in [1.54, 1.807) is 0 Å². The minimum Gasteiger partial charge on any atom is -0.466 e. The fourth-order valence-corrected chi connectivity index (χ4v) is 4.39. The van der Waals surface area contributed by atoms with Crippen LogP contribution in [-0.2, 0) is 9.53 Å². The molecule has 0 aromatic rings. The van der Waals surface area contributed by atoms with Crippen LogP contribution in [0.1, 0.15) is 169 Å². The molecule has 2 heteroatoms. The van der Waals surface area contributed by atoms with E-state index < -0.39 is 0 Å². The van der Waals surface area contributed by atoms with Gasteiger partial charge in [0.05, 0.1) is 6.61 Å². The van der Waals surface area contributed by atoms with Gasteiger partial charge >= 0.3 is 5.97 Å². The molecule has 0 amide bonds. The number of hydrogen-bond donors (Lipinski definition) is 0. The normalized spacial score (nSPS) is 11.6. The van der Waals surface area contributed by atoms with Crippen LogP contribution in [0.4, 0.5) is 0 Å². The van der Waals surface area contributed by atoms with Crippen molar-refractivity contribution in [1.29, 1.82) is 0 Å². The Morgan fingerprint density at radius 2 is 0.781 bits per heavy atom. The molecule has 0 aromatic carbocycles. The first-order valence-electron chi connectivity index (χ1n) is 14.7. The van der Waals surface area contributed by atoms with Gasteiger partial charge in [-0.3, -0.25) is 4.79 Å². The summed E-state index contributed by atoms with van der Waals surface area (Å²) in [6.45, 7) is 9.81. The van der Waals surface area contributed by atoms with Gasteiger partial charge in [0, 0.05) is 6.42 Å². The highest BCUT2D eigenvalue weighted by Crippen LogP contribution is 2.15. The highest BCUT2D eigenvalue weighted by atomic mass is 16.5. The Bertz CT molecular complexity index is 375. The van der Waals surface area contributed by atoms with Gasteiger partial charge in [0.2, 0.25) is 0 Å². The van der Waals surface area contributed by atoms with E-state index in [4.69, 9.17) is 4.74 Å². The number of carbonyl (C=O) groups is 1. The van der Waals surface area contributed by atoms with E-state index >= 15 is 0 Å². The van der Waals surface area contributed by atoms with E-state index in [-0.39, 0.29) is 5.97 Å². The molecule has 0 spiro atoms. The lowest BCUT2D eigenvalue weighted by Crippen LogP contribution is -2.05. The van der Waals surface area contributed by atoms with Crippen LogP contribution in [0.5, 0.6) is 0 Å². The molecule has 0 atom stereocenters. The Balaban J connectivity index is 3.13. The molecule has 32 heavy (non-hydrogen) atoms. The monoisotopic (exact) mass is 452 g/mol. The third-order valence-electron chi connectivity index (χ3n) is 6.60. The van der Waals surface area contributed by atoms with Crippen molar-refractivity contribution >= 4 is 5.97 Å². The quantitative estimate of drug-likeness (QED) is 0.102. The van der Waals surface area contributed by atoms with Crippen LogP contribution < -0.4 is 0 Å². The molecule has 0 aliphatic carbocycles. The van der Waals surface area contributed by atoms with E-state index in [1.807, 2.05) is 0 Å². The number of esters is 1. The molecule has 0 aromatic heterocycles. The molecular weight excluding hydrogens is 392 g/mol. The Labute approximate surface area is 203 Å². The second-order valence-electron chi connectivity index (χ2n) is 11.1. The van der Waals surface area contributed by atoms with Crippen LogP contribution in [0.3, 0.4) is 0 Å². The zero-order chi connectivity index (χ0) is 23.7. The zero-order valence-electron chi connectivity index (χ0n) is 22.7. The predicted octanol–water partition coefficient (Wildman–Crippen LogP) is 10.4. The lowest BCUT2D eigenvalue weighted by atomic mass is 10.0. The van der Waals surface area contributed by atoms with Crippen LogP contribution >= 0.6 is 0 Å². The van der Waals surface area contributed by atoms with Crippen LogP contribution in [0.2, 0.25) is 0 Å². The first-order valence-corrected chi connectivity index (χ1v) is 14.7. The van der Waals surface area contributed by atoms with Crippen molar-refractivity contribution in [2.45, 2.75) is 169 Å². The lowest BCUT2D eigenvalue weighted by molar-refractivity contribution is -0.143. The van der Waals surface area contributed by atoms with Gasteiger partial charge in [0.15, 0.2) is 0 Å². The highest BCUT2D eigenvalue weighted by molar-refractivity contribution is 5.69. The van der Waals surface area contributed by atoms with E-state index in [0.717, 1.165) is 24.7 Å². The maximum absolute atomic E-state index is 11.7. The average Bonchev–Trinajstić information content (AvgIpc) is 2.74. The fraction of sp³-hybridized carbons (Fsp3) is 0.967. The van der Waals surface area contributed by atoms with Crippen LogP contribution in [-0.4, -0.2) is 12.6 Å². The van der Waals surface area contributed by atoms with Crippen molar-refractivity contribution in [1.82, 2.24) is 0 Å². The van der Waals surface area contributed by atoms with Gasteiger partial charge in [0.1, 0.15) is 0 Å². The second-order valence-corrected chi connectivity index (χ2v) is 11.1. The van der Waals surface area contributed by atoms with E-state index in [2.05, 4.69) is 27.7 Å². The third kappa shape index (κ3) is 27.5. The maximum Gasteiger partial charge on any atom is 0.305 e. The first-order chi connectivity index (χ1) is 15.5. The lowest BCUT2D eigenvalue weighted by Gasteiger charge is -2.06. The van der Waals surface area contributed by atoms with Gasteiger partial charge in [0.25, 0.3) is 0 Å². The largest absolute Gasteiger partial charge is 0.466 e. The molecule has 0 heterocycles. The molecule has 0 N–H and O–H groups in total. The van der Waals surface area contributed by atoms with Crippen molar-refractivity contribution in [2.75, 3.05) is 6.61 Å². The summed E-state index contributed by atoms with van der Waals surface area (Å²) in [4.78, 5) is 11.7. The number of rotatable bonds is 25. The molecule has 2 nitrogen and oxygen atoms in total. The molecule has 0 unspecified atom stereocenters. The van der Waals surface area contributed by atoms with Gasteiger partial charge in [-0.1, -0.05) is 150 Å². The van der Waals surface area contributed by atoms with Gasteiger partial charge in [-0.25, -0.2) is 0 Å². The maximum atomic E-state index is 11.7. The average molecular weight is 453 g/mol. The summed E-state index contributed by atoms with van der Waals surface area (Å²) in [7, 11) is 0. The van der Waals surface area contributed by atoms with Crippen molar-refractivity contribution in [2.24, 2.45) is 11.8 Å². The minimum absolute atomic E-state index is 0.0139. The second kappa shape index (κ2) is 25.1. The molecule has 0 fully saturated rings. The van der Waals surface area contributed by atoms with E-state index in [0.29, 0.717) is 13.0 Å². The molecule has 0 rings (SSSR count).